The Balaban J connectivity index is 1.55. The van der Waals surface area contributed by atoms with Gasteiger partial charge in [0.1, 0.15) is 5.15 Å². The summed E-state index contributed by atoms with van der Waals surface area (Å²) in [6, 6.07) is 13.2. The largest absolute Gasteiger partial charge is 0.381 e. The van der Waals surface area contributed by atoms with E-state index in [0.717, 1.165) is 5.69 Å². The molecule has 0 unspecified atom stereocenters. The number of anilines is 1. The summed E-state index contributed by atoms with van der Waals surface area (Å²) in [6.45, 7) is 2.13. The number of hydrogen-bond donors (Lipinski definition) is 1. The quantitative estimate of drug-likeness (QED) is 0.838. The molecule has 0 saturated heterocycles. The van der Waals surface area contributed by atoms with Crippen molar-refractivity contribution in [2.45, 2.75) is 31.7 Å². The zero-order chi connectivity index (χ0) is 13.2. The summed E-state index contributed by atoms with van der Waals surface area (Å²) >= 11 is 5.77. The lowest BCUT2D eigenvalue weighted by Gasteiger charge is -2.36. The number of benzene rings is 1. The van der Waals surface area contributed by atoms with Gasteiger partial charge in [0.25, 0.3) is 0 Å². The number of aromatic nitrogens is 1. The number of nitrogens with zero attached hydrogens (tertiary/aromatic N) is 1. The Morgan fingerprint density at radius 2 is 1.84 bits per heavy atom. The average molecular weight is 273 g/mol. The van der Waals surface area contributed by atoms with E-state index in [-0.39, 0.29) is 0 Å². The van der Waals surface area contributed by atoms with Crippen LogP contribution in [0.2, 0.25) is 5.15 Å². The number of rotatable bonds is 3. The van der Waals surface area contributed by atoms with Crippen LogP contribution in [0.4, 0.5) is 5.69 Å². The lowest BCUT2D eigenvalue weighted by molar-refractivity contribution is 0.374. The van der Waals surface area contributed by atoms with E-state index >= 15 is 0 Å². The van der Waals surface area contributed by atoms with Crippen molar-refractivity contribution in [2.24, 2.45) is 0 Å². The SMILES string of the molecule is Cc1ccc(C2CC(Nc3ccc(Cl)nc3)C2)cc1. The van der Waals surface area contributed by atoms with Crippen LogP contribution in [0.3, 0.4) is 0 Å². The fraction of sp³-hybridized carbons (Fsp3) is 0.312. The summed E-state index contributed by atoms with van der Waals surface area (Å²) in [5, 5.41) is 4.03. The first kappa shape index (κ1) is 12.5. The molecule has 1 aromatic heterocycles. The van der Waals surface area contributed by atoms with Gasteiger partial charge in [0, 0.05) is 6.04 Å². The van der Waals surface area contributed by atoms with E-state index in [4.69, 9.17) is 11.6 Å². The van der Waals surface area contributed by atoms with Crippen molar-refractivity contribution in [1.82, 2.24) is 4.98 Å². The summed E-state index contributed by atoms with van der Waals surface area (Å²) in [5.74, 6) is 0.693. The van der Waals surface area contributed by atoms with Gasteiger partial charge in [-0.15, -0.1) is 0 Å². The first-order valence-corrected chi connectivity index (χ1v) is 7.03. The minimum atomic E-state index is 0.539. The molecule has 1 heterocycles. The molecule has 1 N–H and O–H groups in total. The Bertz CT molecular complexity index is 542. The van der Waals surface area contributed by atoms with Crippen molar-refractivity contribution in [2.75, 3.05) is 5.32 Å². The normalized spacial score (nSPS) is 21.8. The molecule has 2 nitrogen and oxygen atoms in total. The maximum atomic E-state index is 5.77. The zero-order valence-electron chi connectivity index (χ0n) is 10.9. The van der Waals surface area contributed by atoms with E-state index in [1.165, 1.54) is 24.0 Å². The lowest BCUT2D eigenvalue weighted by Crippen LogP contribution is -2.34. The predicted octanol–water partition coefficient (Wildman–Crippen LogP) is 4.40. The van der Waals surface area contributed by atoms with Gasteiger partial charge >= 0.3 is 0 Å². The van der Waals surface area contributed by atoms with Crippen LogP contribution in [0, 0.1) is 6.92 Å². The van der Waals surface area contributed by atoms with Crippen LogP contribution < -0.4 is 5.32 Å². The summed E-state index contributed by atoms with van der Waals surface area (Å²) < 4.78 is 0. The third-order valence-corrected chi connectivity index (χ3v) is 4.01. The predicted molar refractivity (Wildman–Crippen MR) is 79.8 cm³/mol. The van der Waals surface area contributed by atoms with Crippen molar-refractivity contribution >= 4 is 17.3 Å². The first-order chi connectivity index (χ1) is 9.20. The number of nitrogens with one attached hydrogen (secondary N) is 1. The highest BCUT2D eigenvalue weighted by molar-refractivity contribution is 6.29. The Labute approximate surface area is 118 Å². The van der Waals surface area contributed by atoms with Gasteiger partial charge in [0.05, 0.1) is 11.9 Å². The first-order valence-electron chi connectivity index (χ1n) is 6.65. The van der Waals surface area contributed by atoms with Gasteiger partial charge in [0.15, 0.2) is 0 Å². The van der Waals surface area contributed by atoms with E-state index in [9.17, 15) is 0 Å². The fourth-order valence-electron chi connectivity index (χ4n) is 2.54. The molecule has 0 bridgehead atoms. The highest BCUT2D eigenvalue weighted by Gasteiger charge is 2.30. The topological polar surface area (TPSA) is 24.9 Å². The Morgan fingerprint density at radius 1 is 1.11 bits per heavy atom. The van der Waals surface area contributed by atoms with E-state index in [1.807, 2.05) is 12.1 Å². The van der Waals surface area contributed by atoms with Gasteiger partial charge in [-0.1, -0.05) is 41.4 Å². The van der Waals surface area contributed by atoms with Crippen molar-refractivity contribution in [3.63, 3.8) is 0 Å². The molecule has 1 aliphatic rings. The molecule has 0 atom stereocenters. The smallest absolute Gasteiger partial charge is 0.129 e. The van der Waals surface area contributed by atoms with E-state index in [0.29, 0.717) is 17.1 Å². The van der Waals surface area contributed by atoms with Gasteiger partial charge in [0.2, 0.25) is 0 Å². The van der Waals surface area contributed by atoms with Crippen LogP contribution >= 0.6 is 11.6 Å². The standard InChI is InChI=1S/C16H17ClN2/c1-11-2-4-12(5-3-11)13-8-15(9-13)19-14-6-7-16(17)18-10-14/h2-7,10,13,15,19H,8-9H2,1H3. The summed E-state index contributed by atoms with van der Waals surface area (Å²) in [6.07, 6.45) is 4.17. The Morgan fingerprint density at radius 3 is 2.47 bits per heavy atom. The van der Waals surface area contributed by atoms with E-state index < -0.39 is 0 Å². The minimum Gasteiger partial charge on any atom is -0.381 e. The Kier molecular flexibility index (Phi) is 3.43. The molecule has 3 rings (SSSR count). The van der Waals surface area contributed by atoms with Crippen molar-refractivity contribution in [3.05, 3.63) is 58.9 Å². The van der Waals surface area contributed by atoms with Gasteiger partial charge in [-0.05, 0) is 43.4 Å². The maximum Gasteiger partial charge on any atom is 0.129 e. The van der Waals surface area contributed by atoms with Crippen LogP contribution in [-0.2, 0) is 0 Å². The zero-order valence-corrected chi connectivity index (χ0v) is 11.7. The molecule has 0 amide bonds. The van der Waals surface area contributed by atoms with Crippen molar-refractivity contribution < 1.29 is 0 Å². The van der Waals surface area contributed by atoms with Crippen molar-refractivity contribution in [3.8, 4) is 0 Å². The fourth-order valence-corrected chi connectivity index (χ4v) is 2.66. The van der Waals surface area contributed by atoms with Crippen LogP contribution in [0.1, 0.15) is 29.9 Å². The second kappa shape index (κ2) is 5.22. The van der Waals surface area contributed by atoms with Gasteiger partial charge in [-0.2, -0.15) is 0 Å². The second-order valence-corrected chi connectivity index (χ2v) is 5.68. The molecule has 0 spiro atoms. The molecule has 2 aromatic rings. The minimum absolute atomic E-state index is 0.539. The molecule has 1 aromatic carbocycles. The van der Waals surface area contributed by atoms with Crippen LogP contribution in [0.25, 0.3) is 0 Å². The lowest BCUT2D eigenvalue weighted by atomic mass is 9.75. The molecule has 1 fully saturated rings. The molecular formula is C16H17ClN2. The van der Waals surface area contributed by atoms with Gasteiger partial charge in [-0.3, -0.25) is 0 Å². The second-order valence-electron chi connectivity index (χ2n) is 5.29. The van der Waals surface area contributed by atoms with Crippen LogP contribution in [0.15, 0.2) is 42.6 Å². The number of aryl methyl sites for hydroxylation is 1. The summed E-state index contributed by atoms with van der Waals surface area (Å²) in [4.78, 5) is 4.08. The Hall–Kier alpha value is -1.54. The summed E-state index contributed by atoms with van der Waals surface area (Å²) in [7, 11) is 0. The van der Waals surface area contributed by atoms with E-state index in [1.54, 1.807) is 6.20 Å². The highest BCUT2D eigenvalue weighted by atomic mass is 35.5. The number of hydrogen-bond acceptors (Lipinski definition) is 2. The molecule has 0 aliphatic heterocycles. The highest BCUT2D eigenvalue weighted by Crippen LogP contribution is 2.38. The third-order valence-electron chi connectivity index (χ3n) is 3.79. The van der Waals surface area contributed by atoms with Gasteiger partial charge in [-0.25, -0.2) is 4.98 Å². The number of pyridine rings is 1. The monoisotopic (exact) mass is 272 g/mol. The molecule has 98 valence electrons. The summed E-state index contributed by atoms with van der Waals surface area (Å²) in [5.41, 5.74) is 3.83. The number of halogens is 1. The molecular weight excluding hydrogens is 256 g/mol. The van der Waals surface area contributed by atoms with Gasteiger partial charge < -0.3 is 5.32 Å². The van der Waals surface area contributed by atoms with E-state index in [2.05, 4.69) is 41.5 Å². The van der Waals surface area contributed by atoms with Crippen LogP contribution in [0.5, 0.6) is 0 Å². The van der Waals surface area contributed by atoms with Crippen molar-refractivity contribution in [1.29, 1.82) is 0 Å². The molecule has 0 radical (unpaired) electrons. The molecule has 19 heavy (non-hydrogen) atoms. The molecule has 1 aliphatic carbocycles. The third kappa shape index (κ3) is 2.90. The van der Waals surface area contributed by atoms with Crippen LogP contribution in [-0.4, -0.2) is 11.0 Å². The maximum absolute atomic E-state index is 5.77. The molecule has 1 saturated carbocycles. The average Bonchev–Trinajstić information content (AvgIpc) is 2.37. The molecule has 3 heteroatoms.